The number of hydrogen-bond acceptors (Lipinski definition) is 10. The summed E-state index contributed by atoms with van der Waals surface area (Å²) in [5.41, 5.74) is 0. The second-order valence-electron chi connectivity index (χ2n) is 20.5. The molecule has 0 aliphatic carbocycles. The Labute approximate surface area is 476 Å². The highest BCUT2D eigenvalue weighted by Gasteiger charge is 2.28. The normalized spacial score (nSPS) is 14.0. The molecule has 0 aromatic heterocycles. The smallest absolute Gasteiger partial charge is 0.462 e. The van der Waals surface area contributed by atoms with Crippen LogP contribution in [0.1, 0.15) is 265 Å². The minimum absolute atomic E-state index is 0.147. The molecule has 0 aliphatic heterocycles. The van der Waals surface area contributed by atoms with E-state index in [1.165, 1.54) is 70.6 Å². The fraction of sp³-hybridized carbons (Fsp3) is 0.712. The number of hydrogen-bond donors (Lipinski definition) is 2. The fourth-order valence-corrected chi connectivity index (χ4v) is 9.08. The van der Waals surface area contributed by atoms with Crippen LogP contribution in [-0.2, 0) is 42.2 Å². The first-order valence-corrected chi connectivity index (χ1v) is 32.6. The molecule has 3 atom stereocenters. The topological polar surface area (TPSA) is 155 Å². The zero-order valence-corrected chi connectivity index (χ0v) is 50.5. The molecule has 2 N–H and O–H groups in total. The monoisotopic (exact) mass is 1110 g/mol. The third-order valence-electron chi connectivity index (χ3n) is 13.0. The predicted octanol–water partition coefficient (Wildman–Crippen LogP) is 18.8. The molecule has 0 bridgehead atoms. The molecule has 12 heteroatoms. The van der Waals surface area contributed by atoms with Gasteiger partial charge in [-0.2, -0.15) is 0 Å². The molecule has 0 heterocycles. The first kappa shape index (κ1) is 74.4. The third-order valence-corrected chi connectivity index (χ3v) is 13.9. The molecule has 0 aliphatic rings. The van der Waals surface area contributed by atoms with Crippen LogP contribution < -0.4 is 0 Å². The molecular formula is C66H113O11P. The number of phosphoric acid groups is 1. The number of aliphatic hydroxyl groups is 1. The van der Waals surface area contributed by atoms with E-state index in [-0.39, 0.29) is 25.9 Å². The Balaban J connectivity index is 4.75. The van der Waals surface area contributed by atoms with Gasteiger partial charge in [-0.25, -0.2) is 4.57 Å². The molecule has 78 heavy (non-hydrogen) atoms. The van der Waals surface area contributed by atoms with E-state index in [1.54, 1.807) is 0 Å². The Bertz CT molecular complexity index is 1680. The number of rotatable bonds is 57. The molecule has 0 saturated heterocycles. The van der Waals surface area contributed by atoms with Gasteiger partial charge in [-0.05, 0) is 116 Å². The molecule has 0 spiro atoms. The Morgan fingerprint density at radius 1 is 0.372 bits per heavy atom. The van der Waals surface area contributed by atoms with Crippen molar-refractivity contribution in [3.8, 4) is 0 Å². The van der Waals surface area contributed by atoms with Crippen LogP contribution in [0.2, 0.25) is 0 Å². The lowest BCUT2D eigenvalue weighted by atomic mass is 10.1. The molecule has 0 aromatic rings. The molecule has 0 rings (SSSR count). The van der Waals surface area contributed by atoms with Crippen LogP contribution in [0.3, 0.4) is 0 Å². The minimum atomic E-state index is -4.77. The molecule has 11 nitrogen and oxygen atoms in total. The molecule has 0 saturated carbocycles. The lowest BCUT2D eigenvalue weighted by molar-refractivity contribution is -0.161. The van der Waals surface area contributed by atoms with Crippen molar-refractivity contribution in [1.29, 1.82) is 0 Å². The summed E-state index contributed by atoms with van der Waals surface area (Å²) >= 11 is 0. The Morgan fingerprint density at radius 2 is 0.667 bits per heavy atom. The molecule has 0 aromatic carbocycles. The van der Waals surface area contributed by atoms with Crippen LogP contribution in [0.25, 0.3) is 0 Å². The zero-order valence-electron chi connectivity index (χ0n) is 49.6. The van der Waals surface area contributed by atoms with Crippen molar-refractivity contribution in [2.45, 2.75) is 277 Å². The molecule has 0 fully saturated rings. The van der Waals surface area contributed by atoms with Crippen molar-refractivity contribution >= 4 is 25.7 Å². The number of ether oxygens (including phenoxy) is 3. The summed E-state index contributed by atoms with van der Waals surface area (Å²) < 4.78 is 39.6. The van der Waals surface area contributed by atoms with Crippen LogP contribution in [-0.4, -0.2) is 66.5 Å². The summed E-state index contributed by atoms with van der Waals surface area (Å²) in [4.78, 5) is 48.7. The van der Waals surface area contributed by atoms with E-state index in [4.69, 9.17) is 23.3 Å². The summed E-state index contributed by atoms with van der Waals surface area (Å²) in [6.07, 6.45) is 70.7. The average molecular weight is 1110 g/mol. The lowest BCUT2D eigenvalue weighted by Crippen LogP contribution is -2.30. The maximum atomic E-state index is 12.9. The maximum absolute atomic E-state index is 12.9. The number of esters is 3. The first-order chi connectivity index (χ1) is 38.2. The van der Waals surface area contributed by atoms with Crippen LogP contribution in [0.5, 0.6) is 0 Å². The van der Waals surface area contributed by atoms with Crippen LogP contribution in [0.4, 0.5) is 0 Å². The summed E-state index contributed by atoms with van der Waals surface area (Å²) in [7, 11) is -4.77. The minimum Gasteiger partial charge on any atom is -0.462 e. The average Bonchev–Trinajstić information content (AvgIpc) is 3.43. The standard InChI is InChI=1S/C66H113O11P/c1-4-7-10-13-16-19-22-25-28-31-34-37-40-43-46-49-52-55-64(68)73-59-63(77-66(70)57-54-51-48-45-42-39-36-33-30-27-24-21-18-15-12-9-6-3)61-75-78(71,72)74-60-62(58-67)76-65(69)56-53-50-47-44-41-38-35-32-29-26-23-20-17-14-11-8-5-2/h7,9-10,12,16,18-19,21,25-30,34,37,62-63,67H,4-6,8,11,13-15,17,20,22-24,31-33,35-36,38-61H2,1-3H3,(H,71,72)/b10-7-,12-9-,19-16-,21-18-,28-25-,29-26-,30-27-,37-34-. The van der Waals surface area contributed by atoms with E-state index in [9.17, 15) is 28.9 Å². The van der Waals surface area contributed by atoms with Crippen LogP contribution in [0, 0.1) is 0 Å². The van der Waals surface area contributed by atoms with E-state index in [2.05, 4.69) is 118 Å². The van der Waals surface area contributed by atoms with Gasteiger partial charge in [-0.15, -0.1) is 0 Å². The van der Waals surface area contributed by atoms with Gasteiger partial charge in [0.25, 0.3) is 0 Å². The highest BCUT2D eigenvalue weighted by Crippen LogP contribution is 2.43. The number of aliphatic hydroxyl groups excluding tert-OH is 1. The Kier molecular flexibility index (Phi) is 56.8. The van der Waals surface area contributed by atoms with E-state index < -0.39 is 57.8 Å². The highest BCUT2D eigenvalue weighted by molar-refractivity contribution is 7.47. The Morgan fingerprint density at radius 3 is 1.04 bits per heavy atom. The second kappa shape index (κ2) is 59.5. The largest absolute Gasteiger partial charge is 0.472 e. The summed E-state index contributed by atoms with van der Waals surface area (Å²) in [5.74, 6) is -1.51. The molecule has 0 radical (unpaired) electrons. The predicted molar refractivity (Wildman–Crippen MR) is 325 cm³/mol. The summed E-state index contributed by atoms with van der Waals surface area (Å²) in [5, 5.41) is 9.85. The van der Waals surface area contributed by atoms with Gasteiger partial charge in [0, 0.05) is 19.3 Å². The second-order valence-corrected chi connectivity index (χ2v) is 21.9. The number of allylic oxidation sites excluding steroid dienone is 16. The van der Waals surface area contributed by atoms with Gasteiger partial charge in [0.2, 0.25) is 0 Å². The fourth-order valence-electron chi connectivity index (χ4n) is 8.30. The van der Waals surface area contributed by atoms with Gasteiger partial charge in [-0.3, -0.25) is 23.4 Å². The van der Waals surface area contributed by atoms with E-state index in [0.717, 1.165) is 135 Å². The quantitative estimate of drug-likeness (QED) is 0.0197. The molecule has 3 unspecified atom stereocenters. The number of phosphoric ester groups is 1. The van der Waals surface area contributed by atoms with Crippen molar-refractivity contribution in [3.63, 3.8) is 0 Å². The van der Waals surface area contributed by atoms with E-state index >= 15 is 0 Å². The van der Waals surface area contributed by atoms with E-state index in [0.29, 0.717) is 19.3 Å². The van der Waals surface area contributed by atoms with Crippen LogP contribution >= 0.6 is 7.82 Å². The Hall–Kier alpha value is -3.60. The van der Waals surface area contributed by atoms with Crippen molar-refractivity contribution in [2.75, 3.05) is 26.4 Å². The van der Waals surface area contributed by atoms with Gasteiger partial charge in [0.1, 0.15) is 12.7 Å². The maximum Gasteiger partial charge on any atom is 0.472 e. The SMILES string of the molecule is CC/C=C\C/C=C\C/C=C\C/C=C\CCCCCCC(=O)OCC(COP(=O)(O)OCC(CO)OC(=O)CCCCCCCCC/C=C\CCCCCCCC)OC(=O)CCCCCCCCC/C=C\C/C=C\C/C=C\CC. The number of carbonyl (C=O) groups excluding carboxylic acids is 3. The number of carbonyl (C=O) groups is 3. The van der Waals surface area contributed by atoms with Gasteiger partial charge in [-0.1, -0.05) is 227 Å². The lowest BCUT2D eigenvalue weighted by Gasteiger charge is -2.21. The van der Waals surface area contributed by atoms with Gasteiger partial charge in [0.05, 0.1) is 19.8 Å². The highest BCUT2D eigenvalue weighted by atomic mass is 31.2. The van der Waals surface area contributed by atoms with Gasteiger partial charge in [0.15, 0.2) is 6.10 Å². The summed E-state index contributed by atoms with van der Waals surface area (Å²) in [6.45, 7) is 4.39. The van der Waals surface area contributed by atoms with Crippen molar-refractivity contribution in [2.24, 2.45) is 0 Å². The van der Waals surface area contributed by atoms with E-state index in [1.807, 2.05) is 0 Å². The number of unbranched alkanes of at least 4 members (excludes halogenated alkanes) is 24. The van der Waals surface area contributed by atoms with Crippen LogP contribution in [0.15, 0.2) is 97.2 Å². The third kappa shape index (κ3) is 57.1. The molecule has 0 amide bonds. The zero-order chi connectivity index (χ0) is 56.9. The first-order valence-electron chi connectivity index (χ1n) is 31.1. The van der Waals surface area contributed by atoms with Crippen molar-refractivity contribution < 1.29 is 52.2 Å². The molecular weight excluding hydrogens is 1000 g/mol. The summed E-state index contributed by atoms with van der Waals surface area (Å²) in [6, 6.07) is 0. The van der Waals surface area contributed by atoms with Crippen molar-refractivity contribution in [3.05, 3.63) is 97.2 Å². The van der Waals surface area contributed by atoms with Gasteiger partial charge < -0.3 is 24.2 Å². The van der Waals surface area contributed by atoms with Crippen molar-refractivity contribution in [1.82, 2.24) is 0 Å². The molecule has 448 valence electrons. The van der Waals surface area contributed by atoms with Gasteiger partial charge >= 0.3 is 25.7 Å².